The molecule has 3 rings (SSSR count). The molecule has 0 spiro atoms. The molecule has 1 aromatic rings. The van der Waals surface area contributed by atoms with E-state index >= 15 is 0 Å². The SMILES string of the molecule is CC1=C2SC(c3ccc(F)cc3)C=C2N(O)C(C(=O)NCC(=O)O)=C1. The number of carboxylic acid groups (broad SMARTS) is 1. The maximum atomic E-state index is 13.1. The van der Waals surface area contributed by atoms with Crippen LogP contribution in [0.15, 0.2) is 58.3 Å². The topological polar surface area (TPSA) is 89.9 Å². The van der Waals surface area contributed by atoms with E-state index in [1.807, 2.05) is 0 Å². The monoisotopic (exact) mass is 362 g/mol. The molecule has 1 unspecified atom stereocenters. The van der Waals surface area contributed by atoms with Gasteiger partial charge in [0.05, 0.1) is 10.9 Å². The molecule has 2 heterocycles. The number of hydrogen-bond donors (Lipinski definition) is 3. The van der Waals surface area contributed by atoms with Crippen molar-refractivity contribution in [2.45, 2.75) is 12.2 Å². The summed E-state index contributed by atoms with van der Waals surface area (Å²) in [6, 6.07) is 6.09. The minimum atomic E-state index is -1.17. The lowest BCUT2D eigenvalue weighted by Crippen LogP contribution is -2.37. The molecule has 25 heavy (non-hydrogen) atoms. The van der Waals surface area contributed by atoms with Crippen molar-refractivity contribution in [3.8, 4) is 0 Å². The van der Waals surface area contributed by atoms with Crippen LogP contribution < -0.4 is 5.32 Å². The number of rotatable bonds is 4. The van der Waals surface area contributed by atoms with Gasteiger partial charge in [-0.2, -0.15) is 0 Å². The fourth-order valence-corrected chi connectivity index (χ4v) is 3.85. The maximum absolute atomic E-state index is 13.1. The minimum absolute atomic E-state index is 0.0471. The van der Waals surface area contributed by atoms with Crippen LogP contribution in [0, 0.1) is 5.82 Å². The summed E-state index contributed by atoms with van der Waals surface area (Å²) in [5, 5.41) is 21.9. The van der Waals surface area contributed by atoms with Crippen molar-refractivity contribution in [2.75, 3.05) is 6.54 Å². The molecule has 2 aliphatic heterocycles. The Morgan fingerprint density at radius 2 is 2.00 bits per heavy atom. The van der Waals surface area contributed by atoms with Crippen molar-refractivity contribution < 1.29 is 24.3 Å². The molecule has 1 aromatic carbocycles. The highest BCUT2D eigenvalue weighted by Gasteiger charge is 2.34. The van der Waals surface area contributed by atoms with Gasteiger partial charge >= 0.3 is 5.97 Å². The van der Waals surface area contributed by atoms with E-state index in [9.17, 15) is 19.2 Å². The first-order valence-corrected chi connectivity index (χ1v) is 8.30. The van der Waals surface area contributed by atoms with Gasteiger partial charge in [0.1, 0.15) is 18.1 Å². The Bertz CT molecular complexity index is 830. The first-order chi connectivity index (χ1) is 11.9. The van der Waals surface area contributed by atoms with Gasteiger partial charge in [-0.3, -0.25) is 14.8 Å². The summed E-state index contributed by atoms with van der Waals surface area (Å²) in [6.45, 7) is 1.27. The molecule has 0 radical (unpaired) electrons. The quantitative estimate of drug-likeness (QED) is 0.763. The zero-order valence-electron chi connectivity index (χ0n) is 13.2. The van der Waals surface area contributed by atoms with Crippen molar-refractivity contribution >= 4 is 23.6 Å². The molecule has 1 amide bonds. The van der Waals surface area contributed by atoms with Crippen LogP contribution in [0.3, 0.4) is 0 Å². The number of aliphatic carboxylic acids is 1. The molecule has 0 fully saturated rings. The normalized spacial score (nSPS) is 19.3. The number of benzene rings is 1. The van der Waals surface area contributed by atoms with E-state index in [-0.39, 0.29) is 16.8 Å². The van der Waals surface area contributed by atoms with Crippen LogP contribution in [0.2, 0.25) is 0 Å². The molecular formula is C17H15FN2O4S. The fraction of sp³-hybridized carbons (Fsp3) is 0.176. The summed E-state index contributed by atoms with van der Waals surface area (Å²) in [5.41, 5.74) is 2.07. The van der Waals surface area contributed by atoms with Crippen molar-refractivity contribution in [3.63, 3.8) is 0 Å². The summed E-state index contributed by atoms with van der Waals surface area (Å²) in [5.74, 6) is -2.18. The Hall–Kier alpha value is -2.58. The predicted molar refractivity (Wildman–Crippen MR) is 89.9 cm³/mol. The summed E-state index contributed by atoms with van der Waals surface area (Å²) < 4.78 is 13.1. The Morgan fingerprint density at radius 3 is 2.64 bits per heavy atom. The number of hydroxylamine groups is 2. The van der Waals surface area contributed by atoms with E-state index in [2.05, 4.69) is 5.32 Å². The highest BCUT2D eigenvalue weighted by molar-refractivity contribution is 8.04. The van der Waals surface area contributed by atoms with E-state index in [1.54, 1.807) is 25.1 Å². The molecule has 0 aromatic heterocycles. The number of carboxylic acids is 1. The van der Waals surface area contributed by atoms with E-state index in [4.69, 9.17) is 5.11 Å². The molecule has 3 N–H and O–H groups in total. The van der Waals surface area contributed by atoms with Gasteiger partial charge in [0.25, 0.3) is 5.91 Å². The number of halogens is 1. The standard InChI is InChI=1S/C17H15FN2O4S/c1-9-6-13(17(23)19-8-15(21)22)20(24)12-7-14(25-16(9)12)10-2-4-11(18)5-3-10/h2-7,14,24H,8H2,1H3,(H,19,23)(H,21,22). The number of nitrogens with one attached hydrogen (secondary N) is 1. The van der Waals surface area contributed by atoms with Gasteiger partial charge in [0.15, 0.2) is 0 Å². The van der Waals surface area contributed by atoms with Crippen molar-refractivity contribution in [1.82, 2.24) is 10.4 Å². The average molecular weight is 362 g/mol. The number of carbonyl (C=O) groups excluding carboxylic acids is 1. The molecular weight excluding hydrogens is 347 g/mol. The lowest BCUT2D eigenvalue weighted by molar-refractivity contribution is -0.138. The Kier molecular flexibility index (Phi) is 4.65. The number of hydrogen-bond acceptors (Lipinski definition) is 5. The average Bonchev–Trinajstić information content (AvgIpc) is 3.03. The number of thioether (sulfide) groups is 1. The Labute approximate surface area is 147 Å². The first kappa shape index (κ1) is 17.2. The molecule has 0 bridgehead atoms. The fourth-order valence-electron chi connectivity index (χ4n) is 2.59. The number of fused-ring (bicyclic) bond motifs is 1. The van der Waals surface area contributed by atoms with Crippen LogP contribution in [0.1, 0.15) is 17.7 Å². The van der Waals surface area contributed by atoms with Crippen molar-refractivity contribution in [1.29, 1.82) is 0 Å². The molecule has 0 aliphatic carbocycles. The second-order valence-corrected chi connectivity index (χ2v) is 6.72. The van der Waals surface area contributed by atoms with E-state index < -0.39 is 18.4 Å². The zero-order chi connectivity index (χ0) is 18.1. The van der Waals surface area contributed by atoms with E-state index in [0.29, 0.717) is 5.70 Å². The number of allylic oxidation sites excluding steroid dienone is 2. The smallest absolute Gasteiger partial charge is 0.322 e. The van der Waals surface area contributed by atoms with Crippen LogP contribution in [0.25, 0.3) is 0 Å². The minimum Gasteiger partial charge on any atom is -0.480 e. The third-order valence-corrected chi connectivity index (χ3v) is 5.21. The molecule has 0 saturated carbocycles. The van der Waals surface area contributed by atoms with Crippen molar-refractivity contribution in [3.05, 3.63) is 69.7 Å². The summed E-state index contributed by atoms with van der Waals surface area (Å²) >= 11 is 1.49. The van der Waals surface area contributed by atoms with Crippen LogP contribution in [-0.2, 0) is 9.59 Å². The predicted octanol–water partition coefficient (Wildman–Crippen LogP) is 2.56. The Balaban J connectivity index is 1.86. The third-order valence-electron chi connectivity index (χ3n) is 3.79. The van der Waals surface area contributed by atoms with Crippen LogP contribution in [0.4, 0.5) is 4.39 Å². The second kappa shape index (κ2) is 6.73. The van der Waals surface area contributed by atoms with E-state index in [0.717, 1.165) is 21.1 Å². The van der Waals surface area contributed by atoms with Gasteiger partial charge in [0.2, 0.25) is 0 Å². The summed E-state index contributed by atoms with van der Waals surface area (Å²) in [7, 11) is 0. The highest BCUT2D eigenvalue weighted by Crippen LogP contribution is 2.50. The Morgan fingerprint density at radius 1 is 1.32 bits per heavy atom. The third kappa shape index (κ3) is 3.45. The van der Waals surface area contributed by atoms with Crippen LogP contribution in [-0.4, -0.2) is 33.8 Å². The molecule has 1 atom stereocenters. The first-order valence-electron chi connectivity index (χ1n) is 7.42. The number of carbonyl (C=O) groups is 2. The summed E-state index contributed by atoms with van der Waals surface area (Å²) in [6.07, 6.45) is 3.29. The zero-order valence-corrected chi connectivity index (χ0v) is 14.0. The second-order valence-electron chi connectivity index (χ2n) is 5.57. The van der Waals surface area contributed by atoms with Gasteiger partial charge in [-0.25, -0.2) is 9.45 Å². The lowest BCUT2D eigenvalue weighted by atomic mass is 10.1. The number of nitrogens with zero attached hydrogens (tertiary/aromatic N) is 1. The molecule has 8 heteroatoms. The van der Waals surface area contributed by atoms with Gasteiger partial charge in [0, 0.05) is 4.91 Å². The van der Waals surface area contributed by atoms with Gasteiger partial charge in [-0.05, 0) is 42.3 Å². The van der Waals surface area contributed by atoms with Crippen LogP contribution in [0.5, 0.6) is 0 Å². The van der Waals surface area contributed by atoms with Gasteiger partial charge in [-0.15, -0.1) is 11.8 Å². The maximum Gasteiger partial charge on any atom is 0.322 e. The molecule has 130 valence electrons. The summed E-state index contributed by atoms with van der Waals surface area (Å²) in [4.78, 5) is 23.5. The molecule has 0 saturated heterocycles. The largest absolute Gasteiger partial charge is 0.480 e. The lowest BCUT2D eigenvalue weighted by Gasteiger charge is -2.26. The van der Waals surface area contributed by atoms with Crippen molar-refractivity contribution in [2.24, 2.45) is 0 Å². The highest BCUT2D eigenvalue weighted by atomic mass is 32.2. The van der Waals surface area contributed by atoms with E-state index in [1.165, 1.54) is 30.0 Å². The van der Waals surface area contributed by atoms with Crippen LogP contribution >= 0.6 is 11.8 Å². The van der Waals surface area contributed by atoms with Gasteiger partial charge in [-0.1, -0.05) is 12.1 Å². The molecule has 2 aliphatic rings. The van der Waals surface area contributed by atoms with Gasteiger partial charge < -0.3 is 10.4 Å². The number of amides is 1. The molecule has 6 nitrogen and oxygen atoms in total.